The molecule has 0 fully saturated rings. The van der Waals surface area contributed by atoms with E-state index in [2.05, 4.69) is 11.9 Å². The second-order valence-electron chi connectivity index (χ2n) is 8.33. The molecule has 0 heterocycles. The van der Waals surface area contributed by atoms with E-state index in [9.17, 15) is 14.4 Å². The fraction of sp³-hybridized carbons (Fsp3) is 0.333. The average molecular weight is 465 g/mol. The van der Waals surface area contributed by atoms with Crippen molar-refractivity contribution in [3.05, 3.63) is 78.4 Å². The topological polar surface area (TPSA) is 116 Å². The van der Waals surface area contributed by atoms with E-state index in [4.69, 9.17) is 11.1 Å². The summed E-state index contributed by atoms with van der Waals surface area (Å²) in [6.07, 6.45) is 2.21. The van der Waals surface area contributed by atoms with Crippen molar-refractivity contribution in [1.29, 1.82) is 5.41 Å². The van der Waals surface area contributed by atoms with Crippen molar-refractivity contribution in [3.63, 3.8) is 0 Å². The van der Waals surface area contributed by atoms with Crippen molar-refractivity contribution in [2.24, 2.45) is 17.6 Å². The summed E-state index contributed by atoms with van der Waals surface area (Å²) in [5.41, 5.74) is 7.50. The van der Waals surface area contributed by atoms with E-state index in [-0.39, 0.29) is 30.7 Å². The highest BCUT2D eigenvalue weighted by Crippen LogP contribution is 2.22. The van der Waals surface area contributed by atoms with Crippen molar-refractivity contribution in [2.75, 3.05) is 18.5 Å². The highest BCUT2D eigenvalue weighted by molar-refractivity contribution is 6.15. The van der Waals surface area contributed by atoms with Gasteiger partial charge < -0.3 is 16.0 Å². The first-order chi connectivity index (χ1) is 16.1. The second kappa shape index (κ2) is 14.4. The molecule has 7 nitrogen and oxygen atoms in total. The van der Waals surface area contributed by atoms with Gasteiger partial charge in [-0.3, -0.25) is 19.8 Å². The molecule has 0 bridgehead atoms. The molecule has 7 heteroatoms. The summed E-state index contributed by atoms with van der Waals surface area (Å²) >= 11 is 0. The van der Waals surface area contributed by atoms with Gasteiger partial charge >= 0.3 is 0 Å². The molecule has 0 aliphatic heterocycles. The summed E-state index contributed by atoms with van der Waals surface area (Å²) in [5.74, 6) is -1.58. The zero-order valence-electron chi connectivity index (χ0n) is 20.5. The van der Waals surface area contributed by atoms with E-state index in [1.165, 1.54) is 4.90 Å². The van der Waals surface area contributed by atoms with Crippen LogP contribution < -0.4 is 16.0 Å². The van der Waals surface area contributed by atoms with Crippen LogP contribution >= 0.6 is 0 Å². The SMILES string of the molecule is C=CC.CC(C)C[C@H](CC(N)=O)C(=O)NCC(=O)N(C)c1ccccc1C(=N)c1ccccc1. The molecule has 4 N–H and O–H groups in total. The lowest BCUT2D eigenvalue weighted by molar-refractivity contribution is -0.131. The summed E-state index contributed by atoms with van der Waals surface area (Å²) in [6, 6.07) is 16.4. The van der Waals surface area contributed by atoms with Gasteiger partial charge in [0.1, 0.15) is 0 Å². The van der Waals surface area contributed by atoms with E-state index in [1.54, 1.807) is 31.3 Å². The number of rotatable bonds is 10. The summed E-state index contributed by atoms with van der Waals surface area (Å²) in [7, 11) is 1.61. The number of benzene rings is 2. The third kappa shape index (κ3) is 9.02. The predicted octanol–water partition coefficient (Wildman–Crippen LogP) is 3.91. The monoisotopic (exact) mass is 464 g/mol. The summed E-state index contributed by atoms with van der Waals surface area (Å²) in [5, 5.41) is 11.2. The van der Waals surface area contributed by atoms with Crippen LogP contribution in [0.25, 0.3) is 0 Å². The summed E-state index contributed by atoms with van der Waals surface area (Å²) < 4.78 is 0. The van der Waals surface area contributed by atoms with Crippen molar-refractivity contribution in [1.82, 2.24) is 5.32 Å². The van der Waals surface area contributed by atoms with Crippen LogP contribution in [0.15, 0.2) is 67.3 Å². The molecule has 0 radical (unpaired) electrons. The number of likely N-dealkylation sites (N-methyl/N-ethyl adjacent to an activating group) is 1. The second-order valence-corrected chi connectivity index (χ2v) is 8.33. The largest absolute Gasteiger partial charge is 0.370 e. The Balaban J connectivity index is 0.00000182. The van der Waals surface area contributed by atoms with Crippen LogP contribution in [0.1, 0.15) is 44.7 Å². The lowest BCUT2D eigenvalue weighted by Crippen LogP contribution is -2.42. The molecule has 3 amide bonds. The standard InChI is InChI=1S/C24H30N4O3.C3H6/c1-16(2)13-18(14-21(25)29)24(31)27-15-22(30)28(3)20-12-8-7-11-19(20)23(26)17-9-5-4-6-10-17;1-3-2/h4-12,16,18,26H,13-15H2,1-3H3,(H2,25,29)(H,27,31);3H,1H2,2H3/t18-;/m1./s1. The number of para-hydroxylation sites is 1. The normalized spacial score (nSPS) is 11.0. The zero-order valence-corrected chi connectivity index (χ0v) is 20.5. The number of hydrogen-bond acceptors (Lipinski definition) is 4. The molecule has 0 aromatic heterocycles. The summed E-state index contributed by atoms with van der Waals surface area (Å²) in [6.45, 7) is 8.95. The molecule has 2 rings (SSSR count). The Morgan fingerprint density at radius 1 is 1.09 bits per heavy atom. The Labute approximate surface area is 202 Å². The van der Waals surface area contributed by atoms with Crippen LogP contribution in [0.5, 0.6) is 0 Å². The Kier molecular flexibility index (Phi) is 12.0. The number of carbonyl (C=O) groups is 3. The Morgan fingerprint density at radius 2 is 1.65 bits per heavy atom. The van der Waals surface area contributed by atoms with Gasteiger partial charge in [-0.05, 0) is 25.3 Å². The van der Waals surface area contributed by atoms with Crippen molar-refractivity contribution < 1.29 is 14.4 Å². The maximum Gasteiger partial charge on any atom is 0.246 e. The predicted molar refractivity (Wildman–Crippen MR) is 138 cm³/mol. The maximum absolute atomic E-state index is 12.8. The van der Waals surface area contributed by atoms with Gasteiger partial charge in [-0.15, -0.1) is 6.58 Å². The minimum Gasteiger partial charge on any atom is -0.370 e. The van der Waals surface area contributed by atoms with Gasteiger partial charge in [0, 0.05) is 30.5 Å². The quantitative estimate of drug-likeness (QED) is 0.365. The lowest BCUT2D eigenvalue weighted by Gasteiger charge is -2.22. The van der Waals surface area contributed by atoms with E-state index < -0.39 is 11.8 Å². The number of allylic oxidation sites excluding steroid dienone is 1. The van der Waals surface area contributed by atoms with Gasteiger partial charge in [0.25, 0.3) is 0 Å². The molecule has 0 aliphatic rings. The molecule has 2 aromatic carbocycles. The maximum atomic E-state index is 12.8. The van der Waals surface area contributed by atoms with Crippen LogP contribution in [0, 0.1) is 17.2 Å². The van der Waals surface area contributed by atoms with Gasteiger partial charge in [-0.2, -0.15) is 0 Å². The molecular weight excluding hydrogens is 428 g/mol. The highest BCUT2D eigenvalue weighted by atomic mass is 16.2. The van der Waals surface area contributed by atoms with Gasteiger partial charge in [0.2, 0.25) is 17.7 Å². The number of nitrogens with two attached hydrogens (primary N) is 1. The highest BCUT2D eigenvalue weighted by Gasteiger charge is 2.24. The molecule has 0 aliphatic carbocycles. The third-order valence-electron chi connectivity index (χ3n) is 4.96. The first kappa shape index (κ1) is 28.3. The van der Waals surface area contributed by atoms with Gasteiger partial charge in [-0.1, -0.05) is 68.5 Å². The minimum absolute atomic E-state index is 0.0505. The van der Waals surface area contributed by atoms with E-state index >= 15 is 0 Å². The molecule has 0 saturated heterocycles. The number of anilines is 1. The Morgan fingerprint density at radius 3 is 2.21 bits per heavy atom. The van der Waals surface area contributed by atoms with Crippen LogP contribution in [0.3, 0.4) is 0 Å². The number of primary amides is 1. The van der Waals surface area contributed by atoms with Crippen molar-refractivity contribution in [2.45, 2.75) is 33.6 Å². The summed E-state index contributed by atoms with van der Waals surface area (Å²) in [4.78, 5) is 38.0. The van der Waals surface area contributed by atoms with Crippen molar-refractivity contribution >= 4 is 29.1 Å². The van der Waals surface area contributed by atoms with Gasteiger partial charge in [-0.25, -0.2) is 0 Å². The van der Waals surface area contributed by atoms with Crippen LogP contribution in [0.4, 0.5) is 5.69 Å². The molecule has 0 unspecified atom stereocenters. The molecule has 182 valence electrons. The molecule has 0 saturated carbocycles. The van der Waals surface area contributed by atoms with E-state index in [0.29, 0.717) is 23.4 Å². The van der Waals surface area contributed by atoms with E-state index in [0.717, 1.165) is 5.56 Å². The molecule has 1 atom stereocenters. The van der Waals surface area contributed by atoms with Crippen LogP contribution in [0.2, 0.25) is 0 Å². The molecule has 0 spiro atoms. The zero-order chi connectivity index (χ0) is 25.7. The van der Waals surface area contributed by atoms with Crippen LogP contribution in [-0.2, 0) is 14.4 Å². The number of nitrogens with one attached hydrogen (secondary N) is 2. The Bertz CT molecular complexity index is 986. The fourth-order valence-corrected chi connectivity index (χ4v) is 3.39. The smallest absolute Gasteiger partial charge is 0.246 e. The van der Waals surface area contributed by atoms with E-state index in [1.807, 2.05) is 57.2 Å². The first-order valence-electron chi connectivity index (χ1n) is 11.2. The number of nitrogens with zero attached hydrogens (tertiary/aromatic N) is 1. The number of amides is 3. The van der Waals surface area contributed by atoms with Crippen LogP contribution in [-0.4, -0.2) is 37.0 Å². The third-order valence-corrected chi connectivity index (χ3v) is 4.96. The number of carbonyl (C=O) groups excluding carboxylic acids is 3. The lowest BCUT2D eigenvalue weighted by atomic mass is 9.93. The minimum atomic E-state index is -0.561. The van der Waals surface area contributed by atoms with Gasteiger partial charge in [0.05, 0.1) is 17.9 Å². The molecule has 2 aromatic rings. The number of hydrogen-bond donors (Lipinski definition) is 3. The molecular formula is C27H36N4O3. The fourth-order valence-electron chi connectivity index (χ4n) is 3.39. The van der Waals surface area contributed by atoms with Crippen molar-refractivity contribution in [3.8, 4) is 0 Å². The average Bonchev–Trinajstić information content (AvgIpc) is 2.81. The molecule has 34 heavy (non-hydrogen) atoms. The van der Waals surface area contributed by atoms with Gasteiger partial charge in [0.15, 0.2) is 0 Å². The Hall–Kier alpha value is -3.74. The first-order valence-corrected chi connectivity index (χ1v) is 11.2.